The van der Waals surface area contributed by atoms with Gasteiger partial charge in [0, 0.05) is 12.1 Å². The van der Waals surface area contributed by atoms with Crippen molar-refractivity contribution in [2.75, 3.05) is 0 Å². The highest BCUT2D eigenvalue weighted by atomic mass is 16.5. The van der Waals surface area contributed by atoms with E-state index < -0.39 is 0 Å². The highest BCUT2D eigenvalue weighted by Gasteiger charge is 2.27. The zero-order valence-electron chi connectivity index (χ0n) is 9.27. The molecule has 0 saturated heterocycles. The second kappa shape index (κ2) is 4.39. The predicted molar refractivity (Wildman–Crippen MR) is 61.4 cm³/mol. The van der Waals surface area contributed by atoms with E-state index in [1.165, 1.54) is 0 Å². The zero-order chi connectivity index (χ0) is 11.5. The number of nitrogens with two attached hydrogens (primary N) is 1. The molecule has 0 saturated carbocycles. The van der Waals surface area contributed by atoms with Crippen molar-refractivity contribution >= 4 is 5.97 Å². The Morgan fingerprint density at radius 1 is 1.38 bits per heavy atom. The summed E-state index contributed by atoms with van der Waals surface area (Å²) in [6, 6.07) is 9.69. The minimum atomic E-state index is -0.278. The van der Waals surface area contributed by atoms with Crippen LogP contribution < -0.4 is 5.73 Å². The maximum Gasteiger partial charge on any atom is 0.336 e. The van der Waals surface area contributed by atoms with E-state index in [4.69, 9.17) is 10.5 Å². The van der Waals surface area contributed by atoms with Crippen molar-refractivity contribution in [1.29, 1.82) is 0 Å². The van der Waals surface area contributed by atoms with Crippen LogP contribution in [0.25, 0.3) is 0 Å². The summed E-state index contributed by atoms with van der Waals surface area (Å²) in [4.78, 5) is 11.7. The molecule has 1 aliphatic heterocycles. The van der Waals surface area contributed by atoms with E-state index in [1.54, 1.807) is 0 Å². The largest absolute Gasteiger partial charge is 0.454 e. The Hall–Kier alpha value is -1.77. The van der Waals surface area contributed by atoms with Gasteiger partial charge in [-0.3, -0.25) is 0 Å². The SMILES string of the molecule is CCC1=C(N)CC(c2ccccc2)OC1=O. The smallest absolute Gasteiger partial charge is 0.336 e. The van der Waals surface area contributed by atoms with E-state index >= 15 is 0 Å². The van der Waals surface area contributed by atoms with Gasteiger partial charge in [0.15, 0.2) is 0 Å². The van der Waals surface area contributed by atoms with Crippen LogP contribution in [0.4, 0.5) is 0 Å². The third-order valence-corrected chi connectivity index (χ3v) is 2.81. The molecule has 1 aromatic carbocycles. The molecule has 0 aromatic heterocycles. The van der Waals surface area contributed by atoms with Gasteiger partial charge in [-0.15, -0.1) is 0 Å². The normalized spacial score (nSPS) is 20.8. The summed E-state index contributed by atoms with van der Waals surface area (Å²) in [6.07, 6.45) is 0.995. The monoisotopic (exact) mass is 217 g/mol. The summed E-state index contributed by atoms with van der Waals surface area (Å²) >= 11 is 0. The van der Waals surface area contributed by atoms with Crippen molar-refractivity contribution in [3.05, 3.63) is 47.2 Å². The number of ether oxygens (including phenoxy) is 1. The van der Waals surface area contributed by atoms with Crippen molar-refractivity contribution in [3.8, 4) is 0 Å². The van der Waals surface area contributed by atoms with Gasteiger partial charge in [-0.1, -0.05) is 37.3 Å². The molecule has 1 unspecified atom stereocenters. The summed E-state index contributed by atoms with van der Waals surface area (Å²) < 4.78 is 5.37. The minimum absolute atomic E-state index is 0.232. The Morgan fingerprint density at radius 2 is 2.06 bits per heavy atom. The molecule has 84 valence electrons. The van der Waals surface area contributed by atoms with Crippen molar-refractivity contribution in [3.63, 3.8) is 0 Å². The third-order valence-electron chi connectivity index (χ3n) is 2.81. The van der Waals surface area contributed by atoms with E-state index in [-0.39, 0.29) is 12.1 Å². The lowest BCUT2D eigenvalue weighted by Crippen LogP contribution is -2.24. The van der Waals surface area contributed by atoms with E-state index in [0.29, 0.717) is 24.1 Å². The standard InChI is InChI=1S/C13H15NO2/c1-2-10-11(14)8-12(16-13(10)15)9-6-4-3-5-7-9/h3-7,12H,2,8,14H2,1H3. The molecule has 2 N–H and O–H groups in total. The quantitative estimate of drug-likeness (QED) is 0.773. The van der Waals surface area contributed by atoms with Gasteiger partial charge in [-0.2, -0.15) is 0 Å². The van der Waals surface area contributed by atoms with Crippen molar-refractivity contribution in [2.45, 2.75) is 25.9 Å². The van der Waals surface area contributed by atoms with E-state index in [9.17, 15) is 4.79 Å². The first-order valence-corrected chi connectivity index (χ1v) is 5.45. The van der Waals surface area contributed by atoms with Crippen molar-refractivity contribution in [2.24, 2.45) is 5.73 Å². The maximum atomic E-state index is 11.7. The molecule has 0 spiro atoms. The molecule has 0 aliphatic carbocycles. The van der Waals surface area contributed by atoms with Crippen LogP contribution in [-0.2, 0) is 9.53 Å². The first-order chi connectivity index (χ1) is 7.72. The molecule has 1 atom stereocenters. The summed E-state index contributed by atoms with van der Waals surface area (Å²) in [5.74, 6) is -0.278. The molecule has 1 heterocycles. The maximum absolute atomic E-state index is 11.7. The number of hydrogen-bond acceptors (Lipinski definition) is 3. The first-order valence-electron chi connectivity index (χ1n) is 5.45. The van der Waals surface area contributed by atoms with Gasteiger partial charge in [0.2, 0.25) is 0 Å². The van der Waals surface area contributed by atoms with Crippen LogP contribution in [0.3, 0.4) is 0 Å². The lowest BCUT2D eigenvalue weighted by atomic mass is 9.98. The van der Waals surface area contributed by atoms with Crippen molar-refractivity contribution in [1.82, 2.24) is 0 Å². The molecule has 0 amide bonds. The fourth-order valence-electron chi connectivity index (χ4n) is 1.92. The Balaban J connectivity index is 2.25. The Labute approximate surface area is 94.9 Å². The van der Waals surface area contributed by atoms with Crippen LogP contribution in [0.1, 0.15) is 31.4 Å². The van der Waals surface area contributed by atoms with Gasteiger partial charge < -0.3 is 10.5 Å². The average Bonchev–Trinajstić information content (AvgIpc) is 2.30. The molecular weight excluding hydrogens is 202 g/mol. The molecule has 0 bridgehead atoms. The summed E-state index contributed by atoms with van der Waals surface area (Å²) in [5, 5.41) is 0. The average molecular weight is 217 g/mol. The highest BCUT2D eigenvalue weighted by Crippen LogP contribution is 2.30. The number of rotatable bonds is 2. The fraction of sp³-hybridized carbons (Fsp3) is 0.308. The Bertz CT molecular complexity index is 423. The van der Waals surface area contributed by atoms with Gasteiger partial charge >= 0.3 is 5.97 Å². The second-order valence-electron chi connectivity index (χ2n) is 3.87. The van der Waals surface area contributed by atoms with E-state index in [2.05, 4.69) is 0 Å². The van der Waals surface area contributed by atoms with Crippen LogP contribution in [0.15, 0.2) is 41.6 Å². The molecule has 1 aromatic rings. The third kappa shape index (κ3) is 1.94. The highest BCUT2D eigenvalue weighted by molar-refractivity contribution is 5.90. The summed E-state index contributed by atoms with van der Waals surface area (Å²) in [7, 11) is 0. The number of esters is 1. The topological polar surface area (TPSA) is 52.3 Å². The lowest BCUT2D eigenvalue weighted by Gasteiger charge is -2.25. The van der Waals surface area contributed by atoms with Crippen molar-refractivity contribution < 1.29 is 9.53 Å². The number of cyclic esters (lactones) is 1. The number of carbonyl (C=O) groups excluding carboxylic acids is 1. The van der Waals surface area contributed by atoms with Crippen LogP contribution in [0.2, 0.25) is 0 Å². The molecule has 1 aliphatic rings. The first kappa shape index (κ1) is 10.7. The van der Waals surface area contributed by atoms with Crippen LogP contribution in [0.5, 0.6) is 0 Å². The predicted octanol–water partition coefficient (Wildman–Crippen LogP) is 2.30. The number of benzene rings is 1. The molecule has 2 rings (SSSR count). The summed E-state index contributed by atoms with van der Waals surface area (Å²) in [5.41, 5.74) is 8.16. The van der Waals surface area contributed by atoms with Gasteiger partial charge in [-0.05, 0) is 12.0 Å². The van der Waals surface area contributed by atoms with Gasteiger partial charge in [-0.25, -0.2) is 4.79 Å². The van der Waals surface area contributed by atoms with Gasteiger partial charge in [0.1, 0.15) is 6.10 Å². The fourth-order valence-corrected chi connectivity index (χ4v) is 1.92. The Kier molecular flexibility index (Phi) is 2.95. The summed E-state index contributed by atoms with van der Waals surface area (Å²) in [6.45, 7) is 1.91. The molecule has 16 heavy (non-hydrogen) atoms. The van der Waals surface area contributed by atoms with Crippen LogP contribution in [-0.4, -0.2) is 5.97 Å². The Morgan fingerprint density at radius 3 is 2.62 bits per heavy atom. The number of hydrogen-bond donors (Lipinski definition) is 1. The minimum Gasteiger partial charge on any atom is -0.454 e. The molecule has 3 nitrogen and oxygen atoms in total. The molecule has 0 radical (unpaired) electrons. The van der Waals surface area contributed by atoms with Gasteiger partial charge in [0.25, 0.3) is 0 Å². The zero-order valence-corrected chi connectivity index (χ0v) is 9.27. The van der Waals surface area contributed by atoms with Gasteiger partial charge in [0.05, 0.1) is 5.57 Å². The molecule has 3 heteroatoms. The molecular formula is C13H15NO2. The number of carbonyl (C=O) groups is 1. The van der Waals surface area contributed by atoms with E-state index in [0.717, 1.165) is 5.56 Å². The van der Waals surface area contributed by atoms with Crippen LogP contribution in [0, 0.1) is 0 Å². The van der Waals surface area contributed by atoms with E-state index in [1.807, 2.05) is 37.3 Å². The molecule has 0 fully saturated rings. The van der Waals surface area contributed by atoms with Crippen LogP contribution >= 0.6 is 0 Å². The lowest BCUT2D eigenvalue weighted by molar-refractivity contribution is -0.146. The second-order valence-corrected chi connectivity index (χ2v) is 3.87.